The van der Waals surface area contributed by atoms with Crippen LogP contribution in [-0.2, 0) is 5.75 Å². The Kier molecular flexibility index (Phi) is 4.46. The first kappa shape index (κ1) is 16.9. The molecule has 1 aromatic carbocycles. The smallest absolute Gasteiger partial charge is 0.191 e. The molecule has 0 aliphatic heterocycles. The number of thioether (sulfide) groups is 1. The number of halogens is 1. The van der Waals surface area contributed by atoms with Crippen molar-refractivity contribution in [1.29, 1.82) is 0 Å². The third kappa shape index (κ3) is 3.15. The normalized spacial score (nSPS) is 14.6. The average molecular weight is 373 g/mol. The van der Waals surface area contributed by atoms with E-state index in [1.165, 1.54) is 12.8 Å². The monoisotopic (exact) mass is 372 g/mol. The summed E-state index contributed by atoms with van der Waals surface area (Å²) in [4.78, 5) is 4.77. The third-order valence-electron chi connectivity index (χ3n) is 4.60. The standard InChI is InChI=1S/C19H21ClN4S/c1-11(2)18-22-23-19(24(18)13-8-9-13)25-10-16-17(20)12(3)14-6-4-5-7-15(14)21-16/h4-7,11,13H,8-10H2,1-3H3. The molecule has 2 heterocycles. The minimum absolute atomic E-state index is 0.382. The summed E-state index contributed by atoms with van der Waals surface area (Å²) in [5.41, 5.74) is 3.00. The van der Waals surface area contributed by atoms with E-state index in [2.05, 4.69) is 41.6 Å². The van der Waals surface area contributed by atoms with E-state index in [4.69, 9.17) is 16.6 Å². The zero-order valence-corrected chi connectivity index (χ0v) is 16.2. The predicted octanol–water partition coefficient (Wildman–Crippen LogP) is 5.54. The van der Waals surface area contributed by atoms with Crippen molar-refractivity contribution >= 4 is 34.3 Å². The lowest BCUT2D eigenvalue weighted by atomic mass is 10.1. The maximum atomic E-state index is 6.59. The van der Waals surface area contributed by atoms with Crippen LogP contribution in [0.25, 0.3) is 10.9 Å². The Balaban J connectivity index is 1.64. The summed E-state index contributed by atoms with van der Waals surface area (Å²) in [5, 5.41) is 11.7. The van der Waals surface area contributed by atoms with E-state index in [0.717, 1.165) is 38.2 Å². The minimum Gasteiger partial charge on any atom is -0.303 e. The van der Waals surface area contributed by atoms with Crippen molar-refractivity contribution in [2.24, 2.45) is 0 Å². The SMILES string of the molecule is Cc1c(Cl)c(CSc2nnc(C(C)C)n2C2CC2)nc2ccccc12. The lowest BCUT2D eigenvalue weighted by Crippen LogP contribution is -2.05. The quantitative estimate of drug-likeness (QED) is 0.551. The highest BCUT2D eigenvalue weighted by Gasteiger charge is 2.30. The van der Waals surface area contributed by atoms with E-state index in [-0.39, 0.29) is 0 Å². The van der Waals surface area contributed by atoms with Crippen molar-refractivity contribution in [3.8, 4) is 0 Å². The summed E-state index contributed by atoms with van der Waals surface area (Å²) in [6.07, 6.45) is 2.44. The van der Waals surface area contributed by atoms with Crippen LogP contribution in [0.5, 0.6) is 0 Å². The second-order valence-electron chi connectivity index (χ2n) is 6.90. The first-order chi connectivity index (χ1) is 12.1. The van der Waals surface area contributed by atoms with Crippen molar-refractivity contribution < 1.29 is 0 Å². The first-order valence-corrected chi connectivity index (χ1v) is 10.0. The molecule has 1 fully saturated rings. The van der Waals surface area contributed by atoms with Gasteiger partial charge >= 0.3 is 0 Å². The fourth-order valence-corrected chi connectivity index (χ4v) is 4.35. The molecule has 0 amide bonds. The topological polar surface area (TPSA) is 43.6 Å². The molecule has 0 saturated heterocycles. The second kappa shape index (κ2) is 6.61. The van der Waals surface area contributed by atoms with Gasteiger partial charge in [0.25, 0.3) is 0 Å². The van der Waals surface area contributed by atoms with E-state index in [0.29, 0.717) is 17.7 Å². The number of para-hydroxylation sites is 1. The number of rotatable bonds is 5. The van der Waals surface area contributed by atoms with Crippen molar-refractivity contribution in [2.75, 3.05) is 0 Å². The van der Waals surface area contributed by atoms with Gasteiger partial charge in [0.15, 0.2) is 5.16 Å². The zero-order valence-electron chi connectivity index (χ0n) is 14.7. The van der Waals surface area contributed by atoms with Crippen molar-refractivity contribution in [3.05, 3.63) is 46.4 Å². The fraction of sp³-hybridized carbons (Fsp3) is 0.421. The summed E-state index contributed by atoms with van der Waals surface area (Å²) in [6.45, 7) is 6.40. The first-order valence-electron chi connectivity index (χ1n) is 8.67. The maximum Gasteiger partial charge on any atom is 0.191 e. The van der Waals surface area contributed by atoms with Crippen LogP contribution in [0.2, 0.25) is 5.02 Å². The molecule has 0 spiro atoms. The van der Waals surface area contributed by atoms with Gasteiger partial charge in [-0.1, -0.05) is 55.4 Å². The Morgan fingerprint density at radius 1 is 1.24 bits per heavy atom. The average Bonchev–Trinajstić information content (AvgIpc) is 3.35. The summed E-state index contributed by atoms with van der Waals surface area (Å²) in [7, 11) is 0. The molecule has 3 aromatic rings. The van der Waals surface area contributed by atoms with Gasteiger partial charge in [-0.15, -0.1) is 10.2 Å². The van der Waals surface area contributed by atoms with E-state index >= 15 is 0 Å². The Hall–Kier alpha value is -1.59. The van der Waals surface area contributed by atoms with Gasteiger partial charge in [-0.05, 0) is 31.4 Å². The third-order valence-corrected chi connectivity index (χ3v) is 6.06. The van der Waals surface area contributed by atoms with Crippen LogP contribution in [0.4, 0.5) is 0 Å². The fourth-order valence-electron chi connectivity index (χ4n) is 3.10. The number of hydrogen-bond donors (Lipinski definition) is 0. The highest BCUT2D eigenvalue weighted by molar-refractivity contribution is 7.98. The Morgan fingerprint density at radius 2 is 2.00 bits per heavy atom. The van der Waals surface area contributed by atoms with Gasteiger partial charge < -0.3 is 4.57 Å². The highest BCUT2D eigenvalue weighted by Crippen LogP contribution is 2.41. The number of nitrogens with zero attached hydrogens (tertiary/aromatic N) is 4. The largest absolute Gasteiger partial charge is 0.303 e. The summed E-state index contributed by atoms with van der Waals surface area (Å²) in [6, 6.07) is 8.71. The number of aromatic nitrogens is 4. The molecule has 4 nitrogen and oxygen atoms in total. The molecule has 4 rings (SSSR count). The molecular weight excluding hydrogens is 352 g/mol. The zero-order chi connectivity index (χ0) is 17.6. The maximum absolute atomic E-state index is 6.59. The molecule has 1 saturated carbocycles. The van der Waals surface area contributed by atoms with Crippen LogP contribution in [-0.4, -0.2) is 19.7 Å². The van der Waals surface area contributed by atoms with Crippen molar-refractivity contribution in [1.82, 2.24) is 19.7 Å². The molecule has 25 heavy (non-hydrogen) atoms. The van der Waals surface area contributed by atoms with Crippen LogP contribution in [0.15, 0.2) is 29.4 Å². The van der Waals surface area contributed by atoms with Gasteiger partial charge in [0.2, 0.25) is 0 Å². The Bertz CT molecular complexity index is 931. The second-order valence-corrected chi connectivity index (χ2v) is 8.22. The van der Waals surface area contributed by atoms with Crippen molar-refractivity contribution in [2.45, 2.75) is 56.5 Å². The van der Waals surface area contributed by atoms with Crippen LogP contribution in [0.3, 0.4) is 0 Å². The number of benzene rings is 1. The molecule has 0 N–H and O–H groups in total. The highest BCUT2D eigenvalue weighted by atomic mass is 35.5. The molecular formula is C19H21ClN4S. The number of aryl methyl sites for hydroxylation is 1. The molecule has 1 aliphatic carbocycles. The number of fused-ring (bicyclic) bond motifs is 1. The Labute approximate surface area is 157 Å². The minimum atomic E-state index is 0.382. The van der Waals surface area contributed by atoms with Crippen molar-refractivity contribution in [3.63, 3.8) is 0 Å². The van der Waals surface area contributed by atoms with Crippen LogP contribution in [0, 0.1) is 6.92 Å². The van der Waals surface area contributed by atoms with Gasteiger partial charge in [-0.3, -0.25) is 4.98 Å². The van der Waals surface area contributed by atoms with E-state index in [1.807, 2.05) is 18.2 Å². The van der Waals surface area contributed by atoms with Gasteiger partial charge in [0, 0.05) is 23.1 Å². The summed E-state index contributed by atoms with van der Waals surface area (Å²) in [5.74, 6) is 2.17. The van der Waals surface area contributed by atoms with Crippen LogP contribution >= 0.6 is 23.4 Å². The van der Waals surface area contributed by atoms with Gasteiger partial charge in [0.05, 0.1) is 16.2 Å². The molecule has 0 bridgehead atoms. The number of hydrogen-bond acceptors (Lipinski definition) is 4. The molecule has 2 aromatic heterocycles. The molecule has 130 valence electrons. The van der Waals surface area contributed by atoms with Crippen LogP contribution < -0.4 is 0 Å². The molecule has 1 aliphatic rings. The van der Waals surface area contributed by atoms with Gasteiger partial charge in [-0.25, -0.2) is 0 Å². The lowest BCUT2D eigenvalue weighted by molar-refractivity contribution is 0.599. The summed E-state index contributed by atoms with van der Waals surface area (Å²) >= 11 is 8.27. The predicted molar refractivity (Wildman–Crippen MR) is 103 cm³/mol. The number of pyridine rings is 1. The molecule has 0 unspecified atom stereocenters. The van der Waals surface area contributed by atoms with E-state index in [9.17, 15) is 0 Å². The van der Waals surface area contributed by atoms with Crippen LogP contribution in [0.1, 0.15) is 55.7 Å². The van der Waals surface area contributed by atoms with E-state index < -0.39 is 0 Å². The molecule has 0 atom stereocenters. The Morgan fingerprint density at radius 3 is 2.72 bits per heavy atom. The van der Waals surface area contributed by atoms with Gasteiger partial charge in [0.1, 0.15) is 5.82 Å². The molecule has 6 heteroatoms. The summed E-state index contributed by atoms with van der Waals surface area (Å²) < 4.78 is 2.32. The van der Waals surface area contributed by atoms with E-state index in [1.54, 1.807) is 11.8 Å². The lowest BCUT2D eigenvalue weighted by Gasteiger charge is -2.12. The molecule has 0 radical (unpaired) electrons. The van der Waals surface area contributed by atoms with Gasteiger partial charge in [-0.2, -0.15) is 0 Å².